The summed E-state index contributed by atoms with van der Waals surface area (Å²) in [4.78, 5) is 15.8. The summed E-state index contributed by atoms with van der Waals surface area (Å²) in [5.74, 6) is 1.09. The van der Waals surface area contributed by atoms with Crippen molar-refractivity contribution in [2.45, 2.75) is 18.4 Å². The standard InChI is InChI=1S/C21H21N3O4S/c1-13-19(23-28-22-13)21(25)24-8-9-27-20-16(12-24)10-15(11-18(20)26-2)14-4-6-17(29-3)7-5-14/h4-7,10-11H,8-9,12H2,1-3H3. The predicted molar refractivity (Wildman–Crippen MR) is 109 cm³/mol. The van der Waals surface area contributed by atoms with E-state index in [1.807, 2.05) is 12.1 Å². The van der Waals surface area contributed by atoms with E-state index in [1.165, 1.54) is 4.90 Å². The molecule has 3 aromatic rings. The number of carbonyl (C=O) groups is 1. The molecular formula is C21H21N3O4S. The number of benzene rings is 2. The van der Waals surface area contributed by atoms with Crippen LogP contribution in [0, 0.1) is 6.92 Å². The summed E-state index contributed by atoms with van der Waals surface area (Å²) in [6.45, 7) is 2.88. The molecule has 0 N–H and O–H groups in total. The first kappa shape index (κ1) is 19.3. The average Bonchev–Trinajstić information content (AvgIpc) is 3.06. The first-order valence-corrected chi connectivity index (χ1v) is 10.4. The highest BCUT2D eigenvalue weighted by atomic mass is 32.2. The van der Waals surface area contributed by atoms with E-state index in [2.05, 4.69) is 45.5 Å². The number of hydrogen-bond acceptors (Lipinski definition) is 7. The van der Waals surface area contributed by atoms with Crippen molar-refractivity contribution in [1.82, 2.24) is 15.2 Å². The predicted octanol–water partition coefficient (Wildman–Crippen LogP) is 3.81. The number of carbonyl (C=O) groups excluding carboxylic acids is 1. The van der Waals surface area contributed by atoms with Crippen molar-refractivity contribution < 1.29 is 18.9 Å². The number of methoxy groups -OCH3 is 1. The largest absolute Gasteiger partial charge is 0.493 e. The number of ether oxygens (including phenoxy) is 2. The van der Waals surface area contributed by atoms with Gasteiger partial charge in [0.05, 0.1) is 13.7 Å². The molecule has 1 aromatic heterocycles. The molecule has 0 saturated heterocycles. The van der Waals surface area contributed by atoms with Gasteiger partial charge in [0, 0.05) is 17.0 Å². The Kier molecular flexibility index (Phi) is 5.44. The highest BCUT2D eigenvalue weighted by Crippen LogP contribution is 2.38. The van der Waals surface area contributed by atoms with Crippen LogP contribution in [0.25, 0.3) is 11.1 Å². The number of fused-ring (bicyclic) bond motifs is 1. The van der Waals surface area contributed by atoms with Gasteiger partial charge in [0.15, 0.2) is 17.2 Å². The Morgan fingerprint density at radius 2 is 1.97 bits per heavy atom. The molecule has 150 valence electrons. The van der Waals surface area contributed by atoms with E-state index < -0.39 is 0 Å². The van der Waals surface area contributed by atoms with Gasteiger partial charge in [0.25, 0.3) is 5.91 Å². The maximum absolute atomic E-state index is 12.9. The van der Waals surface area contributed by atoms with E-state index in [4.69, 9.17) is 9.47 Å². The smallest absolute Gasteiger partial charge is 0.278 e. The highest BCUT2D eigenvalue weighted by Gasteiger charge is 2.27. The van der Waals surface area contributed by atoms with Crippen molar-refractivity contribution in [3.63, 3.8) is 0 Å². The lowest BCUT2D eigenvalue weighted by atomic mass is 10.0. The summed E-state index contributed by atoms with van der Waals surface area (Å²) in [5.41, 5.74) is 3.66. The van der Waals surface area contributed by atoms with Crippen LogP contribution in [0.15, 0.2) is 45.9 Å². The normalized spacial score (nSPS) is 13.4. The second-order valence-electron chi connectivity index (χ2n) is 6.67. The van der Waals surface area contributed by atoms with Crippen molar-refractivity contribution in [2.75, 3.05) is 26.5 Å². The van der Waals surface area contributed by atoms with Crippen molar-refractivity contribution >= 4 is 17.7 Å². The minimum atomic E-state index is -0.228. The number of thioether (sulfide) groups is 1. The molecule has 0 aliphatic carbocycles. The lowest BCUT2D eigenvalue weighted by Gasteiger charge is -2.19. The number of rotatable bonds is 4. The van der Waals surface area contributed by atoms with E-state index in [-0.39, 0.29) is 11.6 Å². The second-order valence-corrected chi connectivity index (χ2v) is 7.55. The second kappa shape index (κ2) is 8.16. The molecule has 1 amide bonds. The molecule has 0 atom stereocenters. The molecule has 2 heterocycles. The number of hydrogen-bond donors (Lipinski definition) is 0. The van der Waals surface area contributed by atoms with Crippen LogP contribution in [0.2, 0.25) is 0 Å². The third kappa shape index (κ3) is 3.80. The summed E-state index contributed by atoms with van der Waals surface area (Å²) in [6.07, 6.45) is 2.05. The Labute approximate surface area is 173 Å². The Morgan fingerprint density at radius 3 is 2.62 bits per heavy atom. The maximum atomic E-state index is 12.9. The van der Waals surface area contributed by atoms with E-state index in [9.17, 15) is 4.79 Å². The van der Waals surface area contributed by atoms with Gasteiger partial charge in [-0.2, -0.15) is 0 Å². The van der Waals surface area contributed by atoms with E-state index in [1.54, 1.807) is 30.7 Å². The number of amides is 1. The van der Waals surface area contributed by atoms with Crippen LogP contribution in [0.3, 0.4) is 0 Å². The van der Waals surface area contributed by atoms with Crippen LogP contribution in [-0.2, 0) is 6.54 Å². The maximum Gasteiger partial charge on any atom is 0.278 e. The monoisotopic (exact) mass is 411 g/mol. The van der Waals surface area contributed by atoms with Crippen LogP contribution >= 0.6 is 11.8 Å². The molecule has 1 aliphatic rings. The summed E-state index contributed by atoms with van der Waals surface area (Å²) in [5, 5.41) is 7.46. The van der Waals surface area contributed by atoms with Crippen LogP contribution in [0.1, 0.15) is 21.7 Å². The topological polar surface area (TPSA) is 77.7 Å². The lowest BCUT2D eigenvalue weighted by molar-refractivity contribution is 0.0721. The Morgan fingerprint density at radius 1 is 1.17 bits per heavy atom. The van der Waals surface area contributed by atoms with Crippen LogP contribution < -0.4 is 9.47 Å². The minimum absolute atomic E-state index is 0.226. The first-order valence-electron chi connectivity index (χ1n) is 9.17. The van der Waals surface area contributed by atoms with Crippen molar-refractivity contribution in [3.8, 4) is 22.6 Å². The van der Waals surface area contributed by atoms with E-state index in [0.29, 0.717) is 36.9 Å². The number of aromatic nitrogens is 2. The molecule has 0 spiro atoms. The van der Waals surface area contributed by atoms with Crippen molar-refractivity contribution in [1.29, 1.82) is 0 Å². The van der Waals surface area contributed by atoms with Crippen LogP contribution in [-0.4, -0.2) is 47.6 Å². The van der Waals surface area contributed by atoms with Gasteiger partial charge < -0.3 is 14.4 Å². The SMILES string of the molecule is COc1cc(-c2ccc(SC)cc2)cc2c1OCCN(C(=O)c1nonc1C)C2. The molecule has 0 unspecified atom stereocenters. The number of nitrogens with zero attached hydrogens (tertiary/aromatic N) is 3. The zero-order valence-electron chi connectivity index (χ0n) is 16.5. The molecule has 29 heavy (non-hydrogen) atoms. The fraction of sp³-hybridized carbons (Fsp3) is 0.286. The molecule has 0 saturated carbocycles. The van der Waals surface area contributed by atoms with Gasteiger partial charge in [-0.25, -0.2) is 4.63 Å². The van der Waals surface area contributed by atoms with E-state index >= 15 is 0 Å². The number of aryl methyl sites for hydroxylation is 1. The summed E-state index contributed by atoms with van der Waals surface area (Å²) < 4.78 is 16.2. The van der Waals surface area contributed by atoms with Gasteiger partial charge in [-0.3, -0.25) is 4.79 Å². The van der Waals surface area contributed by atoms with Gasteiger partial charge in [0.2, 0.25) is 0 Å². The van der Waals surface area contributed by atoms with Gasteiger partial charge in [-0.1, -0.05) is 17.3 Å². The van der Waals surface area contributed by atoms with Gasteiger partial charge >= 0.3 is 0 Å². The molecule has 0 bridgehead atoms. The molecular weight excluding hydrogens is 390 g/mol. The molecule has 2 aromatic carbocycles. The molecule has 4 rings (SSSR count). The molecule has 1 aliphatic heterocycles. The van der Waals surface area contributed by atoms with Gasteiger partial charge in [0.1, 0.15) is 12.3 Å². The van der Waals surface area contributed by atoms with Crippen LogP contribution in [0.5, 0.6) is 11.5 Å². The average molecular weight is 411 g/mol. The Hall–Kier alpha value is -3.00. The minimum Gasteiger partial charge on any atom is -0.493 e. The Balaban J connectivity index is 1.71. The van der Waals surface area contributed by atoms with Gasteiger partial charge in [-0.15, -0.1) is 11.8 Å². The van der Waals surface area contributed by atoms with Gasteiger partial charge in [-0.05, 0) is 53.7 Å². The zero-order valence-corrected chi connectivity index (χ0v) is 17.3. The lowest BCUT2D eigenvalue weighted by Crippen LogP contribution is -2.33. The molecule has 7 nitrogen and oxygen atoms in total. The fourth-order valence-corrected chi connectivity index (χ4v) is 3.74. The first-order chi connectivity index (χ1) is 14.1. The molecule has 0 fully saturated rings. The molecule has 8 heteroatoms. The summed E-state index contributed by atoms with van der Waals surface area (Å²) in [6, 6.07) is 12.4. The quantitative estimate of drug-likeness (QED) is 0.604. The van der Waals surface area contributed by atoms with Crippen LogP contribution in [0.4, 0.5) is 0 Å². The molecule has 0 radical (unpaired) electrons. The summed E-state index contributed by atoms with van der Waals surface area (Å²) in [7, 11) is 1.62. The third-order valence-corrected chi connectivity index (χ3v) is 5.63. The van der Waals surface area contributed by atoms with Crippen molar-refractivity contribution in [2.24, 2.45) is 0 Å². The van der Waals surface area contributed by atoms with E-state index in [0.717, 1.165) is 16.7 Å². The van der Waals surface area contributed by atoms with Crippen molar-refractivity contribution in [3.05, 3.63) is 53.3 Å². The third-order valence-electron chi connectivity index (χ3n) is 4.89. The fourth-order valence-electron chi connectivity index (χ4n) is 3.33. The Bertz CT molecular complexity index is 1030. The highest BCUT2D eigenvalue weighted by molar-refractivity contribution is 7.98. The summed E-state index contributed by atoms with van der Waals surface area (Å²) >= 11 is 1.70. The zero-order chi connectivity index (χ0) is 20.4.